The van der Waals surface area contributed by atoms with Gasteiger partial charge in [0.1, 0.15) is 0 Å². The van der Waals surface area contributed by atoms with Crippen LogP contribution in [0.4, 0.5) is 10.5 Å². The van der Waals surface area contributed by atoms with Crippen LogP contribution in [0.5, 0.6) is 0 Å². The van der Waals surface area contributed by atoms with Gasteiger partial charge in [-0.2, -0.15) is 0 Å². The number of hydrogen-bond acceptors (Lipinski definition) is 3. The van der Waals surface area contributed by atoms with E-state index >= 15 is 0 Å². The molecule has 0 fully saturated rings. The number of nitrogens with two attached hydrogens (primary N) is 1. The summed E-state index contributed by atoms with van der Waals surface area (Å²) in [4.78, 5) is 11.7. The highest BCUT2D eigenvalue weighted by molar-refractivity contribution is 7.89. The average Bonchev–Trinajstić information content (AvgIpc) is 2.46. The standard InChI is InChI=1S/C14H14ClN3O3S/c15-11-6-4-10(5-7-11)9-17-14(19)18-12-2-1-3-13(8-12)22(16,20)21/h1-8H,9H2,(H2,16,20,21)(H2,17,18,19). The van der Waals surface area contributed by atoms with Gasteiger partial charge in [-0.1, -0.05) is 29.8 Å². The predicted octanol–water partition coefficient (Wildman–Crippen LogP) is 2.31. The molecular formula is C14H14ClN3O3S. The number of rotatable bonds is 4. The van der Waals surface area contributed by atoms with Gasteiger partial charge in [-0.25, -0.2) is 18.4 Å². The number of anilines is 1. The molecule has 116 valence electrons. The largest absolute Gasteiger partial charge is 0.334 e. The lowest BCUT2D eigenvalue weighted by molar-refractivity contribution is 0.251. The second-order valence-electron chi connectivity index (χ2n) is 4.51. The Labute approximate surface area is 133 Å². The van der Waals surface area contributed by atoms with Crippen LogP contribution in [0.25, 0.3) is 0 Å². The highest BCUT2D eigenvalue weighted by Gasteiger charge is 2.09. The van der Waals surface area contributed by atoms with Crippen molar-refractivity contribution in [1.29, 1.82) is 0 Å². The van der Waals surface area contributed by atoms with Gasteiger partial charge in [0.05, 0.1) is 4.90 Å². The van der Waals surface area contributed by atoms with Crippen LogP contribution in [0.15, 0.2) is 53.4 Å². The van der Waals surface area contributed by atoms with Crippen molar-refractivity contribution in [2.24, 2.45) is 5.14 Å². The molecule has 2 aromatic carbocycles. The Hall–Kier alpha value is -2.09. The molecule has 0 aliphatic heterocycles. The number of nitrogens with one attached hydrogen (secondary N) is 2. The van der Waals surface area contributed by atoms with Crippen molar-refractivity contribution in [1.82, 2.24) is 5.32 Å². The summed E-state index contributed by atoms with van der Waals surface area (Å²) in [7, 11) is -3.80. The zero-order valence-electron chi connectivity index (χ0n) is 11.4. The number of primary sulfonamides is 1. The summed E-state index contributed by atoms with van der Waals surface area (Å²) in [6.45, 7) is 0.317. The van der Waals surface area contributed by atoms with E-state index in [9.17, 15) is 13.2 Å². The van der Waals surface area contributed by atoms with Gasteiger partial charge in [-0.3, -0.25) is 0 Å². The molecule has 6 nitrogen and oxygen atoms in total. The Balaban J connectivity index is 1.96. The summed E-state index contributed by atoms with van der Waals surface area (Å²) in [5, 5.41) is 10.8. The topological polar surface area (TPSA) is 101 Å². The van der Waals surface area contributed by atoms with E-state index in [1.807, 2.05) is 0 Å². The molecular weight excluding hydrogens is 326 g/mol. The molecule has 2 aromatic rings. The average molecular weight is 340 g/mol. The first kappa shape index (κ1) is 16.3. The SMILES string of the molecule is NS(=O)(=O)c1cccc(NC(=O)NCc2ccc(Cl)cc2)c1. The molecule has 4 N–H and O–H groups in total. The van der Waals surface area contributed by atoms with Crippen LogP contribution in [-0.2, 0) is 16.6 Å². The molecule has 0 aromatic heterocycles. The van der Waals surface area contributed by atoms with Gasteiger partial charge >= 0.3 is 6.03 Å². The molecule has 0 aliphatic rings. The first-order valence-corrected chi connectivity index (χ1v) is 8.19. The first-order chi connectivity index (χ1) is 10.3. The van der Waals surface area contributed by atoms with Gasteiger partial charge in [0.2, 0.25) is 10.0 Å². The van der Waals surface area contributed by atoms with Gasteiger partial charge in [-0.05, 0) is 35.9 Å². The molecule has 0 saturated heterocycles. The quantitative estimate of drug-likeness (QED) is 0.796. The summed E-state index contributed by atoms with van der Waals surface area (Å²) in [6.07, 6.45) is 0. The summed E-state index contributed by atoms with van der Waals surface area (Å²) in [6, 6.07) is 12.3. The van der Waals surface area contributed by atoms with Gasteiger partial charge in [-0.15, -0.1) is 0 Å². The van der Waals surface area contributed by atoms with Gasteiger partial charge < -0.3 is 10.6 Å². The Morgan fingerprint density at radius 1 is 1.14 bits per heavy atom. The summed E-state index contributed by atoms with van der Waals surface area (Å²) >= 11 is 5.77. The van der Waals surface area contributed by atoms with Crippen LogP contribution in [-0.4, -0.2) is 14.4 Å². The van der Waals surface area contributed by atoms with E-state index in [2.05, 4.69) is 10.6 Å². The van der Waals surface area contributed by atoms with Crippen LogP contribution in [0, 0.1) is 0 Å². The highest BCUT2D eigenvalue weighted by atomic mass is 35.5. The maximum Gasteiger partial charge on any atom is 0.319 e. The third-order valence-corrected chi connectivity index (χ3v) is 3.95. The van der Waals surface area contributed by atoms with E-state index in [1.165, 1.54) is 18.2 Å². The normalized spacial score (nSPS) is 11.0. The van der Waals surface area contributed by atoms with Crippen molar-refractivity contribution in [2.75, 3.05) is 5.32 Å². The molecule has 22 heavy (non-hydrogen) atoms. The number of hydrogen-bond donors (Lipinski definition) is 3. The fourth-order valence-electron chi connectivity index (χ4n) is 1.71. The molecule has 0 spiro atoms. The second-order valence-corrected chi connectivity index (χ2v) is 6.50. The molecule has 2 rings (SSSR count). The van der Waals surface area contributed by atoms with E-state index in [0.29, 0.717) is 17.3 Å². The minimum Gasteiger partial charge on any atom is -0.334 e. The molecule has 0 unspecified atom stereocenters. The lowest BCUT2D eigenvalue weighted by atomic mass is 10.2. The number of sulfonamides is 1. The monoisotopic (exact) mass is 339 g/mol. The molecule has 2 amide bonds. The van der Waals surface area contributed by atoms with Gasteiger partial charge in [0.15, 0.2) is 0 Å². The van der Waals surface area contributed by atoms with Gasteiger partial charge in [0, 0.05) is 17.3 Å². The Kier molecular flexibility index (Phi) is 5.02. The Morgan fingerprint density at radius 2 is 1.82 bits per heavy atom. The van der Waals surface area contributed by atoms with Crippen LogP contribution < -0.4 is 15.8 Å². The lowest BCUT2D eigenvalue weighted by Gasteiger charge is -2.08. The smallest absolute Gasteiger partial charge is 0.319 e. The van der Waals surface area contributed by atoms with E-state index in [0.717, 1.165) is 5.56 Å². The predicted molar refractivity (Wildman–Crippen MR) is 85.1 cm³/mol. The fraction of sp³-hybridized carbons (Fsp3) is 0.0714. The van der Waals surface area contributed by atoms with Crippen LogP contribution in [0.1, 0.15) is 5.56 Å². The molecule has 0 bridgehead atoms. The molecule has 0 atom stereocenters. The van der Waals surface area contributed by atoms with E-state index < -0.39 is 16.1 Å². The Morgan fingerprint density at radius 3 is 2.45 bits per heavy atom. The van der Waals surface area contributed by atoms with E-state index in [4.69, 9.17) is 16.7 Å². The first-order valence-electron chi connectivity index (χ1n) is 6.27. The molecule has 8 heteroatoms. The van der Waals surface area contributed by atoms with Crippen molar-refractivity contribution in [2.45, 2.75) is 11.4 Å². The Bertz CT molecular complexity index is 776. The number of carbonyl (C=O) groups is 1. The molecule has 0 aliphatic carbocycles. The molecule has 0 heterocycles. The van der Waals surface area contributed by atoms with Gasteiger partial charge in [0.25, 0.3) is 0 Å². The number of halogens is 1. The third-order valence-electron chi connectivity index (χ3n) is 2.79. The minimum absolute atomic E-state index is 0.0667. The van der Waals surface area contributed by atoms with Crippen LogP contribution in [0.2, 0.25) is 5.02 Å². The fourth-order valence-corrected chi connectivity index (χ4v) is 2.40. The maximum atomic E-state index is 11.8. The summed E-state index contributed by atoms with van der Waals surface area (Å²) < 4.78 is 22.5. The van der Waals surface area contributed by atoms with Crippen molar-refractivity contribution in [3.63, 3.8) is 0 Å². The summed E-state index contributed by atoms with van der Waals surface area (Å²) in [5.41, 5.74) is 1.22. The van der Waals surface area contributed by atoms with Crippen molar-refractivity contribution < 1.29 is 13.2 Å². The minimum atomic E-state index is -3.80. The number of amides is 2. The van der Waals surface area contributed by atoms with Crippen LogP contribution >= 0.6 is 11.6 Å². The lowest BCUT2D eigenvalue weighted by Crippen LogP contribution is -2.28. The number of benzene rings is 2. The number of urea groups is 1. The van der Waals surface area contributed by atoms with E-state index in [-0.39, 0.29) is 4.90 Å². The summed E-state index contributed by atoms with van der Waals surface area (Å²) in [5.74, 6) is 0. The zero-order chi connectivity index (χ0) is 16.2. The number of carbonyl (C=O) groups excluding carboxylic acids is 1. The van der Waals surface area contributed by atoms with Crippen LogP contribution in [0.3, 0.4) is 0 Å². The third kappa shape index (κ3) is 4.73. The maximum absolute atomic E-state index is 11.8. The second kappa shape index (κ2) is 6.78. The molecule has 0 radical (unpaired) electrons. The molecule has 0 saturated carbocycles. The van der Waals surface area contributed by atoms with E-state index in [1.54, 1.807) is 30.3 Å². The van der Waals surface area contributed by atoms with Crippen molar-refractivity contribution >= 4 is 33.3 Å². The van der Waals surface area contributed by atoms with Crippen molar-refractivity contribution in [3.05, 3.63) is 59.1 Å². The zero-order valence-corrected chi connectivity index (χ0v) is 13.0. The van der Waals surface area contributed by atoms with Crippen molar-refractivity contribution in [3.8, 4) is 0 Å². The highest BCUT2D eigenvalue weighted by Crippen LogP contribution is 2.14.